The quantitative estimate of drug-likeness (QED) is 0.164. The predicted octanol–water partition coefficient (Wildman–Crippen LogP) is 0.150. The Balaban J connectivity index is -0.000000333. The molecule has 0 saturated heterocycles. The summed E-state index contributed by atoms with van der Waals surface area (Å²) >= 11 is 0. The average Bonchev–Trinajstić information content (AvgIpc) is 2.93. The van der Waals surface area contributed by atoms with E-state index in [4.69, 9.17) is 26.2 Å². The van der Waals surface area contributed by atoms with Gasteiger partial charge in [0.15, 0.2) is 0 Å². The summed E-state index contributed by atoms with van der Waals surface area (Å²) in [4.78, 5) is 88.5. The maximum Gasteiger partial charge on any atom is 0.283 e. The Bertz CT molecular complexity index is 1350. The van der Waals surface area contributed by atoms with Crippen LogP contribution < -0.4 is 0 Å². The molecule has 0 unspecified atom stereocenters. The third kappa shape index (κ3) is 11.8. The van der Waals surface area contributed by atoms with Crippen molar-refractivity contribution >= 4 is 47.8 Å². The van der Waals surface area contributed by atoms with E-state index in [1.54, 1.807) is 0 Å². The zero-order valence-electron chi connectivity index (χ0n) is 23.0. The summed E-state index contributed by atoms with van der Waals surface area (Å²) in [6.45, 7) is 0. The maximum atomic E-state index is 11.2. The Morgan fingerprint density at radius 1 is 0.350 bits per heavy atom. The van der Waals surface area contributed by atoms with E-state index in [9.17, 15) is 38.4 Å². The van der Waals surface area contributed by atoms with Crippen molar-refractivity contribution in [3.05, 3.63) is 68.8 Å². The van der Waals surface area contributed by atoms with E-state index in [-0.39, 0.29) is 131 Å². The van der Waals surface area contributed by atoms with Gasteiger partial charge in [0, 0.05) is 131 Å². The van der Waals surface area contributed by atoms with Gasteiger partial charge in [-0.2, -0.15) is 24.3 Å². The van der Waals surface area contributed by atoms with Crippen molar-refractivity contribution < 1.29 is 210 Å². The van der Waals surface area contributed by atoms with Crippen molar-refractivity contribution in [2.24, 2.45) is 0 Å². The van der Waals surface area contributed by atoms with Crippen LogP contribution in [0.1, 0.15) is 82.9 Å². The summed E-state index contributed by atoms with van der Waals surface area (Å²) in [7, 11) is 0. The summed E-state index contributed by atoms with van der Waals surface area (Å²) in [5.74, 6) is -12.9. The number of carbonyl (C=O) groups is 8. The topological polar surface area (TPSA) is 298 Å². The third-order valence-electron chi connectivity index (χ3n) is 3.67. The molecule has 0 amide bonds. The first-order valence-corrected chi connectivity index (χ1v) is 8.34. The monoisotopic (exact) mass is 864 g/mol. The number of carboxylic acid groups (broad SMARTS) is 8. The van der Waals surface area contributed by atoms with Crippen LogP contribution in [0.25, 0.3) is 5.72 Å². The molecule has 40 heavy (non-hydrogen) atoms. The molecule has 0 heterocycles. The fourth-order valence-electron chi connectivity index (χ4n) is 2.25. The smallest absolute Gasteiger partial charge is 0.283 e. The summed E-state index contributed by atoms with van der Waals surface area (Å²) in [5.41, 5.74) is -7.34. The van der Waals surface area contributed by atoms with Crippen LogP contribution in [0.4, 0.5) is 0 Å². The van der Waals surface area contributed by atoms with Crippen molar-refractivity contribution in [3.8, 4) is 0 Å². The van der Waals surface area contributed by atoms with Gasteiger partial charge in [-0.05, 0) is 0 Å². The van der Waals surface area contributed by atoms with Gasteiger partial charge in [0.2, 0.25) is 47.8 Å². The molecule has 0 aromatic heterocycles. The van der Waals surface area contributed by atoms with Gasteiger partial charge in [-0.25, -0.2) is 0 Å². The van der Waals surface area contributed by atoms with Gasteiger partial charge in [0.25, 0.3) is 5.72 Å². The van der Waals surface area contributed by atoms with Crippen molar-refractivity contribution in [2.75, 3.05) is 0 Å². The largest absolute Gasteiger partial charge is 0.518 e. The number of hydrogen-bond donors (Lipinski definition) is 8. The zero-order valence-corrected chi connectivity index (χ0v) is 30.4. The molecule has 0 atom stereocenters. The van der Waals surface area contributed by atoms with Crippen LogP contribution in [-0.2, 0) is 131 Å². The van der Waals surface area contributed by atoms with Gasteiger partial charge >= 0.3 is 0 Å². The van der Waals surface area contributed by atoms with E-state index in [2.05, 4.69) is 20.4 Å². The van der Waals surface area contributed by atoms with Crippen molar-refractivity contribution in [1.82, 2.24) is 0 Å². The summed E-state index contributed by atoms with van der Waals surface area (Å²) < 4.78 is 25.6. The Labute approximate surface area is 328 Å². The minimum atomic E-state index is -1.74. The van der Waals surface area contributed by atoms with Crippen LogP contribution in [0.3, 0.4) is 0 Å². The van der Waals surface area contributed by atoms with Crippen LogP contribution in [0.15, 0.2) is 0 Å². The second-order valence-corrected chi connectivity index (χ2v) is 5.87. The first-order chi connectivity index (χ1) is 18.7. The normalized spacial score (nSPS) is 9.80. The molecule has 0 saturated carbocycles. The molecule has 200 valence electrons. The number of aromatic carboxylic acids is 8. The number of rotatable bonds is 8. The predicted molar refractivity (Wildman–Crippen MR) is 104 cm³/mol. The molecular weight excluding hydrogens is 852 g/mol. The number of carboxylic acids is 8. The zero-order chi connectivity index (χ0) is 30.9. The fourth-order valence-corrected chi connectivity index (χ4v) is 2.25. The standard InChI is InChI=1S/2C10H4O8.4Y/c2*11-7(12)3-1-4(8(13)14)6(10(17)18)2-5(3)9(15)16;;;;/h2*(H,11,12)(H,13,14)(H,15,16)(H,17,18);;;;/q2*-2;;;;/i/hD4. The van der Waals surface area contributed by atoms with E-state index < -0.39 is 92.3 Å². The summed E-state index contributed by atoms with van der Waals surface area (Å²) in [5, 5.41) is 49.5. The molecule has 2 aromatic rings. The van der Waals surface area contributed by atoms with Gasteiger partial charge in [0.1, 0.15) is 0 Å². The van der Waals surface area contributed by atoms with Crippen LogP contribution in [0.5, 0.6) is 0 Å². The first kappa shape index (κ1) is 36.6. The molecule has 0 fully saturated rings. The molecule has 20 heteroatoms. The SMILES string of the molecule is [2H]OC(=O)c1[c-]c(C(=O)O)c(C(=O)O[2H])[c-]c1C(=O)O.[2H]OC(=O)c1[c-]c(C(=O)O[2H])c(C(=O)O)[c-]c1C(=O)O.[Y].[Y].[Y].[Y]. The van der Waals surface area contributed by atoms with E-state index in [0.29, 0.717) is 0 Å². The first-order valence-electron chi connectivity index (χ1n) is 9.98. The molecule has 0 aliphatic heterocycles. The van der Waals surface area contributed by atoms with Gasteiger partial charge in [-0.3, -0.25) is 0 Å². The van der Waals surface area contributed by atoms with Crippen LogP contribution in [-0.4, -0.2) is 88.6 Å². The van der Waals surface area contributed by atoms with Crippen molar-refractivity contribution in [1.29, 1.82) is 5.72 Å². The second kappa shape index (κ2) is 19.7. The van der Waals surface area contributed by atoms with Gasteiger partial charge in [0.05, 0.1) is 0 Å². The van der Waals surface area contributed by atoms with Gasteiger partial charge < -0.3 is 79.2 Å². The van der Waals surface area contributed by atoms with E-state index in [1.807, 2.05) is 24.3 Å². The fraction of sp³-hybridized carbons (Fsp3) is 0. The molecule has 2 aromatic carbocycles. The van der Waals surface area contributed by atoms with Crippen LogP contribution in [0.2, 0.25) is 0 Å². The maximum absolute atomic E-state index is 11.2. The molecule has 8 N–H and O–H groups in total. The summed E-state index contributed by atoms with van der Waals surface area (Å²) in [6, 6.07) is 7.35. The minimum Gasteiger partial charge on any atom is -0.518 e. The van der Waals surface area contributed by atoms with Gasteiger partial charge in [-0.15, -0.1) is 44.5 Å². The van der Waals surface area contributed by atoms with E-state index in [0.717, 1.165) is 0 Å². The molecule has 16 nitrogen and oxygen atoms in total. The number of hydrogen-bond acceptors (Lipinski definition) is 12. The number of benzene rings is 2. The Morgan fingerprint density at radius 2 is 0.475 bits per heavy atom. The minimum absolute atomic E-state index is 0. The van der Waals surface area contributed by atoms with Crippen LogP contribution in [0, 0.1) is 24.3 Å². The molecule has 0 aliphatic rings. The van der Waals surface area contributed by atoms with Gasteiger partial charge in [-0.1, -0.05) is 0 Å². The van der Waals surface area contributed by atoms with E-state index >= 15 is 0 Å². The molecule has 4 radical (unpaired) electrons. The summed E-state index contributed by atoms with van der Waals surface area (Å²) in [6.07, 6.45) is 0. The second-order valence-electron chi connectivity index (χ2n) is 5.87. The molecule has 0 bridgehead atoms. The Morgan fingerprint density at radius 3 is 0.575 bits per heavy atom. The Kier molecular flexibility index (Phi) is 18.0. The van der Waals surface area contributed by atoms with Crippen molar-refractivity contribution in [2.45, 2.75) is 0 Å². The molecular formula is C20H8O16Y4-4. The molecule has 0 spiro atoms. The van der Waals surface area contributed by atoms with E-state index in [1.165, 1.54) is 0 Å². The van der Waals surface area contributed by atoms with Crippen molar-refractivity contribution in [3.63, 3.8) is 0 Å². The van der Waals surface area contributed by atoms with Crippen LogP contribution >= 0.6 is 0 Å². The average molecular weight is 864 g/mol. The third-order valence-corrected chi connectivity index (χ3v) is 3.67. The molecule has 0 aliphatic carbocycles. The molecule has 2 rings (SSSR count). The Hall–Kier alpha value is -1.38.